The average molecular weight is 290 g/mol. The highest BCUT2D eigenvalue weighted by atomic mass is 32.2. The molecule has 20 heavy (non-hydrogen) atoms. The van der Waals surface area contributed by atoms with Gasteiger partial charge in [-0.1, -0.05) is 25.0 Å². The van der Waals surface area contributed by atoms with Crippen LogP contribution in [0.15, 0.2) is 34.3 Å². The summed E-state index contributed by atoms with van der Waals surface area (Å²) < 4.78 is 1.96. The van der Waals surface area contributed by atoms with Gasteiger partial charge in [0.15, 0.2) is 0 Å². The minimum atomic E-state index is -0.433. The summed E-state index contributed by atoms with van der Waals surface area (Å²) in [5.41, 5.74) is 0.921. The Balaban J connectivity index is 1.76. The Morgan fingerprint density at radius 1 is 1.25 bits per heavy atom. The molecule has 2 aromatic rings. The number of aliphatic hydroxyl groups is 1. The second-order valence-corrected chi connectivity index (χ2v) is 6.23. The number of aromatic nitrogens is 4. The lowest BCUT2D eigenvalue weighted by molar-refractivity contribution is 0.199. The van der Waals surface area contributed by atoms with Crippen molar-refractivity contribution in [2.24, 2.45) is 0 Å². The number of hydrogen-bond donors (Lipinski definition) is 1. The molecule has 0 bridgehead atoms. The fourth-order valence-corrected chi connectivity index (χ4v) is 3.39. The van der Waals surface area contributed by atoms with E-state index in [-0.39, 0.29) is 0 Å². The lowest BCUT2D eigenvalue weighted by Gasteiger charge is -2.11. The fraction of sp³-hybridized carbons (Fsp3) is 0.500. The first kappa shape index (κ1) is 13.6. The highest BCUT2D eigenvalue weighted by Crippen LogP contribution is 2.33. The Bertz CT molecular complexity index is 561. The zero-order chi connectivity index (χ0) is 13.9. The summed E-state index contributed by atoms with van der Waals surface area (Å²) in [5, 5.41) is 22.4. The van der Waals surface area contributed by atoms with E-state index < -0.39 is 6.10 Å². The number of hydrogen-bond acceptors (Lipinski definition) is 5. The average Bonchev–Trinajstić information content (AvgIpc) is 3.09. The van der Waals surface area contributed by atoms with E-state index in [4.69, 9.17) is 0 Å². The smallest absolute Gasteiger partial charge is 0.214 e. The minimum Gasteiger partial charge on any atom is -0.389 e. The van der Waals surface area contributed by atoms with Gasteiger partial charge in [0, 0.05) is 4.90 Å². The SMILES string of the molecule is CC(O)c1ccc(Sc2nnnn2C2CCCC2)cc1. The van der Waals surface area contributed by atoms with Gasteiger partial charge in [0.2, 0.25) is 5.16 Å². The van der Waals surface area contributed by atoms with Crippen molar-refractivity contribution in [3.63, 3.8) is 0 Å². The zero-order valence-electron chi connectivity index (χ0n) is 11.4. The van der Waals surface area contributed by atoms with Crippen molar-refractivity contribution < 1.29 is 5.11 Å². The molecule has 1 N–H and O–H groups in total. The molecule has 1 aromatic carbocycles. The monoisotopic (exact) mass is 290 g/mol. The lowest BCUT2D eigenvalue weighted by Crippen LogP contribution is -2.08. The maximum Gasteiger partial charge on any atom is 0.214 e. The van der Waals surface area contributed by atoms with Gasteiger partial charge in [0.1, 0.15) is 0 Å². The highest BCUT2D eigenvalue weighted by Gasteiger charge is 2.21. The molecule has 1 atom stereocenters. The molecule has 3 rings (SSSR count). The van der Waals surface area contributed by atoms with E-state index in [1.807, 2.05) is 28.9 Å². The molecule has 0 aliphatic heterocycles. The molecule has 0 spiro atoms. The molecule has 1 aliphatic rings. The molecule has 106 valence electrons. The Morgan fingerprint density at radius 3 is 2.60 bits per heavy atom. The normalized spacial score (nSPS) is 17.5. The van der Waals surface area contributed by atoms with Crippen LogP contribution in [0.4, 0.5) is 0 Å². The Labute approximate surface area is 122 Å². The number of tetrazole rings is 1. The van der Waals surface area contributed by atoms with E-state index in [0.29, 0.717) is 6.04 Å². The van der Waals surface area contributed by atoms with Crippen LogP contribution in [0.5, 0.6) is 0 Å². The summed E-state index contributed by atoms with van der Waals surface area (Å²) in [6.07, 6.45) is 4.42. The van der Waals surface area contributed by atoms with Crippen LogP contribution in [0, 0.1) is 0 Å². The molecule has 0 amide bonds. The molecule has 0 saturated heterocycles. The highest BCUT2D eigenvalue weighted by molar-refractivity contribution is 7.99. The van der Waals surface area contributed by atoms with Crippen LogP contribution in [-0.2, 0) is 0 Å². The number of rotatable bonds is 4. The number of benzene rings is 1. The largest absolute Gasteiger partial charge is 0.389 e. The van der Waals surface area contributed by atoms with E-state index in [2.05, 4.69) is 15.5 Å². The molecule has 1 heterocycles. The first-order valence-corrected chi connectivity index (χ1v) is 7.79. The minimum absolute atomic E-state index is 0.433. The van der Waals surface area contributed by atoms with Gasteiger partial charge in [0.25, 0.3) is 0 Å². The van der Waals surface area contributed by atoms with Crippen LogP contribution in [0.25, 0.3) is 0 Å². The van der Waals surface area contributed by atoms with Gasteiger partial charge >= 0.3 is 0 Å². The summed E-state index contributed by atoms with van der Waals surface area (Å²) >= 11 is 1.57. The van der Waals surface area contributed by atoms with Crippen molar-refractivity contribution in [1.29, 1.82) is 0 Å². The van der Waals surface area contributed by atoms with Crippen molar-refractivity contribution in [2.75, 3.05) is 0 Å². The van der Waals surface area contributed by atoms with Crippen molar-refractivity contribution in [3.05, 3.63) is 29.8 Å². The molecular weight excluding hydrogens is 272 g/mol. The van der Waals surface area contributed by atoms with Gasteiger partial charge in [-0.2, -0.15) is 0 Å². The predicted octanol–water partition coefficient (Wildman–Crippen LogP) is 2.99. The van der Waals surface area contributed by atoms with Crippen LogP contribution in [0.1, 0.15) is 50.3 Å². The van der Waals surface area contributed by atoms with Crippen LogP contribution < -0.4 is 0 Å². The van der Waals surface area contributed by atoms with E-state index in [1.54, 1.807) is 18.7 Å². The third-order valence-electron chi connectivity index (χ3n) is 3.70. The van der Waals surface area contributed by atoms with E-state index in [0.717, 1.165) is 15.6 Å². The molecule has 1 fully saturated rings. The summed E-state index contributed by atoms with van der Waals surface area (Å²) in [6.45, 7) is 1.77. The molecule has 1 aromatic heterocycles. The standard InChI is InChI=1S/C14H18N4OS/c1-10(19)11-6-8-13(9-7-11)20-14-15-16-17-18(14)12-4-2-3-5-12/h6-10,12,19H,2-5H2,1H3. The maximum atomic E-state index is 9.52. The van der Waals surface area contributed by atoms with Crippen molar-refractivity contribution in [1.82, 2.24) is 20.2 Å². The van der Waals surface area contributed by atoms with Crippen LogP contribution in [-0.4, -0.2) is 25.3 Å². The number of aliphatic hydroxyl groups excluding tert-OH is 1. The van der Waals surface area contributed by atoms with Gasteiger partial charge in [-0.15, -0.1) is 5.10 Å². The van der Waals surface area contributed by atoms with Gasteiger partial charge in [-0.3, -0.25) is 0 Å². The maximum absolute atomic E-state index is 9.52. The summed E-state index contributed by atoms with van der Waals surface area (Å²) in [7, 11) is 0. The first-order valence-electron chi connectivity index (χ1n) is 6.98. The molecular formula is C14H18N4OS. The van der Waals surface area contributed by atoms with Crippen molar-refractivity contribution in [2.45, 2.75) is 54.8 Å². The van der Waals surface area contributed by atoms with Gasteiger partial charge in [-0.25, -0.2) is 4.68 Å². The lowest BCUT2D eigenvalue weighted by atomic mass is 10.1. The topological polar surface area (TPSA) is 63.8 Å². The van der Waals surface area contributed by atoms with E-state index >= 15 is 0 Å². The van der Waals surface area contributed by atoms with Crippen molar-refractivity contribution >= 4 is 11.8 Å². The quantitative estimate of drug-likeness (QED) is 0.937. The van der Waals surface area contributed by atoms with Crippen LogP contribution in [0.3, 0.4) is 0 Å². The summed E-state index contributed by atoms with van der Waals surface area (Å²) in [6, 6.07) is 8.33. The third kappa shape index (κ3) is 2.86. The van der Waals surface area contributed by atoms with Crippen LogP contribution in [0.2, 0.25) is 0 Å². The first-order chi connectivity index (χ1) is 9.74. The number of nitrogens with zero attached hydrogens (tertiary/aromatic N) is 4. The van der Waals surface area contributed by atoms with Gasteiger partial charge in [-0.05, 0) is 59.7 Å². The Morgan fingerprint density at radius 2 is 1.95 bits per heavy atom. The van der Waals surface area contributed by atoms with Crippen molar-refractivity contribution in [3.8, 4) is 0 Å². The Kier molecular flexibility index (Phi) is 4.03. The second-order valence-electron chi connectivity index (χ2n) is 5.19. The molecule has 1 unspecified atom stereocenters. The van der Waals surface area contributed by atoms with Gasteiger partial charge in [0.05, 0.1) is 12.1 Å². The zero-order valence-corrected chi connectivity index (χ0v) is 12.3. The van der Waals surface area contributed by atoms with E-state index in [9.17, 15) is 5.11 Å². The van der Waals surface area contributed by atoms with E-state index in [1.165, 1.54) is 25.7 Å². The molecule has 1 aliphatic carbocycles. The molecule has 1 saturated carbocycles. The molecule has 5 nitrogen and oxygen atoms in total. The van der Waals surface area contributed by atoms with Gasteiger partial charge < -0.3 is 5.11 Å². The summed E-state index contributed by atoms with van der Waals surface area (Å²) in [4.78, 5) is 1.09. The fourth-order valence-electron chi connectivity index (χ4n) is 2.55. The molecule has 6 heteroatoms. The summed E-state index contributed by atoms with van der Waals surface area (Å²) in [5.74, 6) is 0. The third-order valence-corrected chi connectivity index (χ3v) is 4.66. The second kappa shape index (κ2) is 5.93. The molecule has 0 radical (unpaired) electrons. The Hall–Kier alpha value is -1.40. The van der Waals surface area contributed by atoms with Crippen LogP contribution >= 0.6 is 11.8 Å². The predicted molar refractivity (Wildman–Crippen MR) is 76.5 cm³/mol.